The second-order valence-corrected chi connectivity index (χ2v) is 5.12. The van der Waals surface area contributed by atoms with Crippen molar-refractivity contribution in [3.63, 3.8) is 0 Å². The zero-order valence-electron chi connectivity index (χ0n) is 12.5. The van der Waals surface area contributed by atoms with Gasteiger partial charge in [0, 0.05) is 13.1 Å². The summed E-state index contributed by atoms with van der Waals surface area (Å²) < 4.78 is 11.0. The number of para-hydroxylation sites is 1. The van der Waals surface area contributed by atoms with E-state index >= 15 is 0 Å². The first-order chi connectivity index (χ1) is 10.7. The molecule has 0 N–H and O–H groups in total. The Morgan fingerprint density at radius 1 is 1.32 bits per heavy atom. The molecule has 0 bridgehead atoms. The summed E-state index contributed by atoms with van der Waals surface area (Å²) in [5.41, 5.74) is 0.473. The summed E-state index contributed by atoms with van der Waals surface area (Å²) >= 11 is 0. The van der Waals surface area contributed by atoms with Crippen molar-refractivity contribution < 1.29 is 9.47 Å². The Labute approximate surface area is 128 Å². The Morgan fingerprint density at radius 3 is 2.77 bits per heavy atom. The number of hydrogen-bond acceptors (Lipinski definition) is 6. The summed E-state index contributed by atoms with van der Waals surface area (Å²) in [6, 6.07) is 11.3. The normalized spacial score (nSPS) is 14.0. The monoisotopic (exact) mass is 296 g/mol. The van der Waals surface area contributed by atoms with Crippen LogP contribution in [0.15, 0.2) is 30.3 Å². The number of ether oxygens (including phenoxy) is 2. The minimum Gasteiger partial charge on any atom is -0.437 e. The van der Waals surface area contributed by atoms with Crippen LogP contribution in [-0.2, 0) is 4.74 Å². The molecule has 0 saturated carbocycles. The van der Waals surface area contributed by atoms with Gasteiger partial charge in [0.2, 0.25) is 5.88 Å². The number of anilines is 1. The van der Waals surface area contributed by atoms with E-state index in [4.69, 9.17) is 14.7 Å². The molecule has 1 saturated heterocycles. The third-order valence-electron chi connectivity index (χ3n) is 3.55. The highest BCUT2D eigenvalue weighted by molar-refractivity contribution is 5.47. The fourth-order valence-electron chi connectivity index (χ4n) is 2.15. The van der Waals surface area contributed by atoms with Crippen molar-refractivity contribution >= 4 is 5.82 Å². The van der Waals surface area contributed by atoms with Gasteiger partial charge in [-0.05, 0) is 19.1 Å². The van der Waals surface area contributed by atoms with Gasteiger partial charge in [-0.25, -0.2) is 4.98 Å². The Kier molecular flexibility index (Phi) is 3.90. The Hall–Kier alpha value is -2.65. The second-order valence-electron chi connectivity index (χ2n) is 5.12. The van der Waals surface area contributed by atoms with E-state index in [9.17, 15) is 0 Å². The Balaban J connectivity index is 1.88. The van der Waals surface area contributed by atoms with Crippen LogP contribution in [0.4, 0.5) is 5.82 Å². The number of nitrogens with zero attached hydrogens (tertiary/aromatic N) is 4. The number of aryl methyl sites for hydroxylation is 1. The quantitative estimate of drug-likeness (QED) is 0.862. The molecule has 1 fully saturated rings. The summed E-state index contributed by atoms with van der Waals surface area (Å²) in [7, 11) is 1.97. The predicted octanol–water partition coefficient (Wildman–Crippen LogP) is 2.28. The van der Waals surface area contributed by atoms with Gasteiger partial charge in [-0.15, -0.1) is 0 Å². The van der Waals surface area contributed by atoms with Gasteiger partial charge in [0.05, 0.1) is 24.8 Å². The van der Waals surface area contributed by atoms with Gasteiger partial charge in [0.25, 0.3) is 0 Å². The Bertz CT molecular complexity index is 722. The zero-order chi connectivity index (χ0) is 15.5. The van der Waals surface area contributed by atoms with E-state index in [0.717, 1.165) is 5.82 Å². The molecule has 6 nitrogen and oxygen atoms in total. The van der Waals surface area contributed by atoms with Crippen LogP contribution >= 0.6 is 0 Å². The van der Waals surface area contributed by atoms with Gasteiger partial charge in [-0.3, -0.25) is 0 Å². The lowest BCUT2D eigenvalue weighted by atomic mass is 10.2. The van der Waals surface area contributed by atoms with E-state index in [0.29, 0.717) is 42.3 Å². The standard InChI is InChI=1S/C16H16N4O2/c1-11-18-15(20(2)13-9-21-10-13)7-16(19-11)22-14-6-4-3-5-12(14)8-17/h3-7,13H,9-10H2,1-2H3. The molecular weight excluding hydrogens is 280 g/mol. The Morgan fingerprint density at radius 2 is 2.09 bits per heavy atom. The predicted molar refractivity (Wildman–Crippen MR) is 81.0 cm³/mol. The number of benzene rings is 1. The topological polar surface area (TPSA) is 71.3 Å². The zero-order valence-corrected chi connectivity index (χ0v) is 12.5. The van der Waals surface area contributed by atoms with Crippen molar-refractivity contribution in [2.45, 2.75) is 13.0 Å². The highest BCUT2D eigenvalue weighted by atomic mass is 16.5. The van der Waals surface area contributed by atoms with Crippen LogP contribution in [0.25, 0.3) is 0 Å². The van der Waals surface area contributed by atoms with Crippen LogP contribution in [-0.4, -0.2) is 36.3 Å². The molecule has 0 radical (unpaired) electrons. The molecule has 0 atom stereocenters. The van der Waals surface area contributed by atoms with Gasteiger partial charge in [0.1, 0.15) is 23.5 Å². The third-order valence-corrected chi connectivity index (χ3v) is 3.55. The van der Waals surface area contributed by atoms with Crippen molar-refractivity contribution in [1.29, 1.82) is 5.26 Å². The van der Waals surface area contributed by atoms with Crippen LogP contribution in [0.2, 0.25) is 0 Å². The SMILES string of the molecule is Cc1nc(Oc2ccccc2C#N)cc(N(C)C2COC2)n1. The molecule has 1 aliphatic heterocycles. The lowest BCUT2D eigenvalue weighted by Gasteiger charge is -2.35. The van der Waals surface area contributed by atoms with Crippen molar-refractivity contribution in [2.75, 3.05) is 25.2 Å². The van der Waals surface area contributed by atoms with Crippen molar-refractivity contribution in [1.82, 2.24) is 9.97 Å². The maximum absolute atomic E-state index is 9.12. The highest BCUT2D eigenvalue weighted by Crippen LogP contribution is 2.26. The average Bonchev–Trinajstić information content (AvgIpc) is 2.45. The molecule has 0 unspecified atom stereocenters. The first-order valence-electron chi connectivity index (χ1n) is 7.00. The third kappa shape index (κ3) is 2.85. The first-order valence-corrected chi connectivity index (χ1v) is 7.00. The van der Waals surface area contributed by atoms with Gasteiger partial charge >= 0.3 is 0 Å². The minimum atomic E-state index is 0.327. The highest BCUT2D eigenvalue weighted by Gasteiger charge is 2.24. The average molecular weight is 296 g/mol. The summed E-state index contributed by atoms with van der Waals surface area (Å²) in [5.74, 6) is 2.32. The van der Waals surface area contributed by atoms with Crippen molar-refractivity contribution in [3.05, 3.63) is 41.7 Å². The van der Waals surface area contributed by atoms with E-state index < -0.39 is 0 Å². The smallest absolute Gasteiger partial charge is 0.224 e. The molecule has 0 spiro atoms. The van der Waals surface area contributed by atoms with Gasteiger partial charge < -0.3 is 14.4 Å². The fourth-order valence-corrected chi connectivity index (χ4v) is 2.15. The molecule has 2 aromatic rings. The van der Waals surface area contributed by atoms with Crippen molar-refractivity contribution in [3.8, 4) is 17.7 Å². The molecule has 112 valence electrons. The molecule has 3 rings (SSSR count). The van der Waals surface area contributed by atoms with Gasteiger partial charge in [-0.2, -0.15) is 10.2 Å². The molecule has 2 heterocycles. The van der Waals surface area contributed by atoms with Crippen LogP contribution < -0.4 is 9.64 Å². The van der Waals surface area contributed by atoms with E-state index in [1.807, 2.05) is 20.0 Å². The lowest BCUT2D eigenvalue weighted by Crippen LogP contribution is -2.47. The van der Waals surface area contributed by atoms with Crippen LogP contribution in [0, 0.1) is 18.3 Å². The number of aromatic nitrogens is 2. The second kappa shape index (κ2) is 6.00. The molecular formula is C16H16N4O2. The lowest BCUT2D eigenvalue weighted by molar-refractivity contribution is 0.00985. The van der Waals surface area contributed by atoms with Crippen molar-refractivity contribution in [2.24, 2.45) is 0 Å². The van der Waals surface area contributed by atoms with E-state index in [1.165, 1.54) is 0 Å². The number of rotatable bonds is 4. The minimum absolute atomic E-state index is 0.327. The molecule has 0 aliphatic carbocycles. The maximum Gasteiger partial charge on any atom is 0.224 e. The number of hydrogen-bond donors (Lipinski definition) is 0. The van der Waals surface area contributed by atoms with E-state index in [2.05, 4.69) is 20.9 Å². The molecule has 6 heteroatoms. The largest absolute Gasteiger partial charge is 0.437 e. The summed E-state index contributed by atoms with van der Waals surface area (Å²) in [6.45, 7) is 3.22. The number of nitriles is 1. The molecule has 22 heavy (non-hydrogen) atoms. The summed E-state index contributed by atoms with van der Waals surface area (Å²) in [5, 5.41) is 9.12. The fraction of sp³-hybridized carbons (Fsp3) is 0.312. The molecule has 0 amide bonds. The van der Waals surface area contributed by atoms with Gasteiger partial charge in [-0.1, -0.05) is 12.1 Å². The van der Waals surface area contributed by atoms with Gasteiger partial charge in [0.15, 0.2) is 0 Å². The van der Waals surface area contributed by atoms with Crippen LogP contribution in [0.5, 0.6) is 11.6 Å². The molecule has 1 aromatic carbocycles. The maximum atomic E-state index is 9.12. The van der Waals surface area contributed by atoms with Crippen LogP contribution in [0.1, 0.15) is 11.4 Å². The van der Waals surface area contributed by atoms with Crippen LogP contribution in [0.3, 0.4) is 0 Å². The molecule has 1 aromatic heterocycles. The van der Waals surface area contributed by atoms with E-state index in [-0.39, 0.29) is 0 Å². The van der Waals surface area contributed by atoms with E-state index in [1.54, 1.807) is 24.3 Å². The number of likely N-dealkylation sites (N-methyl/N-ethyl adjacent to an activating group) is 1. The summed E-state index contributed by atoms with van der Waals surface area (Å²) in [4.78, 5) is 10.8. The first kappa shape index (κ1) is 14.3. The molecule has 1 aliphatic rings. The summed E-state index contributed by atoms with van der Waals surface area (Å²) in [6.07, 6.45) is 0.